The molecule has 12 heteroatoms. The Morgan fingerprint density at radius 1 is 1.03 bits per heavy atom. The van der Waals surface area contributed by atoms with E-state index in [0.29, 0.717) is 21.5 Å². The fourth-order valence-corrected chi connectivity index (χ4v) is 4.62. The Morgan fingerprint density at radius 2 is 1.79 bits per heavy atom. The van der Waals surface area contributed by atoms with Gasteiger partial charge in [-0.3, -0.25) is 19.6 Å². The van der Waals surface area contributed by atoms with Crippen LogP contribution in [-0.4, -0.2) is 29.2 Å². The number of hydrogen-bond acceptors (Lipinski definition) is 8. The predicted molar refractivity (Wildman–Crippen MR) is 125 cm³/mol. The second-order valence-electron chi connectivity index (χ2n) is 6.62. The van der Waals surface area contributed by atoms with Crippen LogP contribution in [-0.2, 0) is 14.8 Å². The number of nitrogens with zero attached hydrogens (tertiary/aromatic N) is 3. The molecule has 0 spiro atoms. The van der Waals surface area contributed by atoms with Gasteiger partial charge in [0.15, 0.2) is 5.82 Å². The summed E-state index contributed by atoms with van der Waals surface area (Å²) in [5.41, 5.74) is 0.988. The lowest BCUT2D eigenvalue weighted by Crippen LogP contribution is -2.14. The monoisotopic (exact) mass is 481 g/mol. The van der Waals surface area contributed by atoms with Crippen LogP contribution in [0.3, 0.4) is 0 Å². The van der Waals surface area contributed by atoms with Gasteiger partial charge in [0.2, 0.25) is 5.91 Å². The quantitative estimate of drug-likeness (QED) is 0.230. The topological polar surface area (TPSA) is 144 Å². The summed E-state index contributed by atoms with van der Waals surface area (Å²) in [6.45, 7) is 0. The highest BCUT2D eigenvalue weighted by atomic mass is 32.2. The van der Waals surface area contributed by atoms with Gasteiger partial charge in [0.1, 0.15) is 6.33 Å². The number of nitro groups is 1. The number of carbonyl (C=O) groups excluding carboxylic acids is 1. The molecule has 2 N–H and O–H groups in total. The zero-order chi connectivity index (χ0) is 23.4. The van der Waals surface area contributed by atoms with E-state index in [9.17, 15) is 23.3 Å². The maximum atomic E-state index is 12.8. The molecule has 4 aromatic rings. The lowest BCUT2D eigenvalue weighted by molar-refractivity contribution is -0.380. The Kier molecular flexibility index (Phi) is 6.11. The predicted octanol–water partition coefficient (Wildman–Crippen LogP) is 4.05. The summed E-state index contributed by atoms with van der Waals surface area (Å²) in [5, 5.41) is 13.9. The SMILES string of the molecule is O=C(/C=C/c1ccc([N+](=O)[O-])s1)Nc1ccc(S(=O)(=O)Nc2ncnc3ccccc23)cc1. The van der Waals surface area contributed by atoms with Gasteiger partial charge in [-0.1, -0.05) is 23.5 Å². The number of fused-ring (bicyclic) bond motifs is 1. The maximum Gasteiger partial charge on any atom is 0.324 e. The average molecular weight is 482 g/mol. The van der Waals surface area contributed by atoms with Crippen LogP contribution in [0.25, 0.3) is 17.0 Å². The molecule has 10 nitrogen and oxygen atoms in total. The first kappa shape index (κ1) is 22.0. The minimum absolute atomic E-state index is 0.00960. The van der Waals surface area contributed by atoms with Crippen molar-refractivity contribution in [2.45, 2.75) is 4.90 Å². The van der Waals surface area contributed by atoms with Crippen molar-refractivity contribution in [2.75, 3.05) is 10.0 Å². The second-order valence-corrected chi connectivity index (χ2v) is 9.40. The number of rotatable bonds is 7. The number of nitrogens with one attached hydrogen (secondary N) is 2. The van der Waals surface area contributed by atoms with Crippen LogP contribution < -0.4 is 10.0 Å². The van der Waals surface area contributed by atoms with Crippen molar-refractivity contribution in [2.24, 2.45) is 0 Å². The summed E-state index contributed by atoms with van der Waals surface area (Å²) in [5.74, 6) is -0.302. The van der Waals surface area contributed by atoms with Crippen molar-refractivity contribution in [1.29, 1.82) is 0 Å². The number of thiophene rings is 1. The number of anilines is 2. The Balaban J connectivity index is 1.44. The van der Waals surface area contributed by atoms with E-state index in [4.69, 9.17) is 0 Å². The molecule has 0 unspecified atom stereocenters. The third kappa shape index (κ3) is 5.19. The molecule has 0 bridgehead atoms. The number of sulfonamides is 1. The standard InChI is InChI=1S/C21H15N5O5S2/c27-19(11-7-15-8-12-20(32-15)26(28)29)24-14-5-9-16(10-6-14)33(30,31)25-21-17-3-1-2-4-18(17)22-13-23-21/h1-13H,(H,24,27)(H,22,23,25)/b11-7+. The number of hydrogen-bond donors (Lipinski definition) is 2. The average Bonchev–Trinajstić information content (AvgIpc) is 3.28. The lowest BCUT2D eigenvalue weighted by Gasteiger charge is -2.10. The molecule has 0 atom stereocenters. The van der Waals surface area contributed by atoms with Crippen molar-refractivity contribution in [1.82, 2.24) is 9.97 Å². The molecule has 2 aromatic heterocycles. The van der Waals surface area contributed by atoms with Crippen LogP contribution >= 0.6 is 11.3 Å². The first-order valence-corrected chi connectivity index (χ1v) is 11.7. The highest BCUT2D eigenvalue weighted by Gasteiger charge is 2.17. The van der Waals surface area contributed by atoms with Gasteiger partial charge in [-0.15, -0.1) is 0 Å². The molecule has 33 heavy (non-hydrogen) atoms. The van der Waals surface area contributed by atoms with Crippen molar-refractivity contribution in [3.63, 3.8) is 0 Å². The summed E-state index contributed by atoms with van der Waals surface area (Å²) in [7, 11) is -3.92. The summed E-state index contributed by atoms with van der Waals surface area (Å²) in [6, 6.07) is 15.5. The van der Waals surface area contributed by atoms with Gasteiger partial charge in [0.25, 0.3) is 10.0 Å². The van der Waals surface area contributed by atoms with Gasteiger partial charge >= 0.3 is 5.00 Å². The Bertz CT molecular complexity index is 1480. The molecule has 2 heterocycles. The third-order valence-electron chi connectivity index (χ3n) is 4.40. The molecule has 0 aliphatic rings. The van der Waals surface area contributed by atoms with E-state index in [-0.39, 0.29) is 15.7 Å². The molecule has 0 aliphatic heterocycles. The van der Waals surface area contributed by atoms with Gasteiger partial charge in [-0.2, -0.15) is 0 Å². The second kappa shape index (κ2) is 9.14. The molecule has 0 saturated heterocycles. The number of amides is 1. The maximum absolute atomic E-state index is 12.8. The fraction of sp³-hybridized carbons (Fsp3) is 0. The van der Waals surface area contributed by atoms with E-state index in [1.165, 1.54) is 48.8 Å². The van der Waals surface area contributed by atoms with Crippen LogP contribution in [0.2, 0.25) is 0 Å². The molecule has 4 rings (SSSR count). The third-order valence-corrected chi connectivity index (χ3v) is 6.75. The van der Waals surface area contributed by atoms with E-state index in [2.05, 4.69) is 20.0 Å². The van der Waals surface area contributed by atoms with E-state index in [1.54, 1.807) is 30.3 Å². The van der Waals surface area contributed by atoms with Gasteiger partial charge < -0.3 is 5.32 Å². The van der Waals surface area contributed by atoms with Gasteiger partial charge in [-0.05, 0) is 48.5 Å². The van der Waals surface area contributed by atoms with Crippen LogP contribution in [0.5, 0.6) is 0 Å². The van der Waals surface area contributed by atoms with Crippen molar-refractivity contribution in [3.8, 4) is 0 Å². The first-order valence-electron chi connectivity index (χ1n) is 9.38. The van der Waals surface area contributed by atoms with E-state index < -0.39 is 20.9 Å². The van der Waals surface area contributed by atoms with Gasteiger partial charge in [0.05, 0.1) is 15.3 Å². The Morgan fingerprint density at radius 3 is 2.52 bits per heavy atom. The normalized spacial score (nSPS) is 11.5. The number of para-hydroxylation sites is 1. The van der Waals surface area contributed by atoms with Crippen molar-refractivity contribution in [3.05, 3.63) is 88.1 Å². The van der Waals surface area contributed by atoms with Crippen LogP contribution in [0.15, 0.2) is 78.0 Å². The molecule has 0 aliphatic carbocycles. The molecular weight excluding hydrogens is 466 g/mol. The Labute approximate surface area is 191 Å². The van der Waals surface area contributed by atoms with Gasteiger partial charge in [0, 0.05) is 28.1 Å². The minimum atomic E-state index is -3.92. The minimum Gasteiger partial charge on any atom is -0.323 e. The van der Waals surface area contributed by atoms with Gasteiger partial charge in [-0.25, -0.2) is 18.4 Å². The summed E-state index contributed by atoms with van der Waals surface area (Å²) < 4.78 is 28.0. The van der Waals surface area contributed by atoms with Crippen LogP contribution in [0, 0.1) is 10.1 Å². The number of carbonyl (C=O) groups is 1. The molecular formula is C21H15N5O5S2. The van der Waals surface area contributed by atoms with Crippen LogP contribution in [0.1, 0.15) is 4.88 Å². The number of aromatic nitrogens is 2. The number of benzene rings is 2. The zero-order valence-electron chi connectivity index (χ0n) is 16.7. The largest absolute Gasteiger partial charge is 0.324 e. The molecule has 2 aromatic carbocycles. The fourth-order valence-electron chi connectivity index (χ4n) is 2.86. The van der Waals surface area contributed by atoms with Crippen LogP contribution in [0.4, 0.5) is 16.5 Å². The van der Waals surface area contributed by atoms with Crippen molar-refractivity contribution >= 4 is 60.8 Å². The smallest absolute Gasteiger partial charge is 0.323 e. The molecule has 0 saturated carbocycles. The summed E-state index contributed by atoms with van der Waals surface area (Å²) in [6.07, 6.45) is 3.98. The van der Waals surface area contributed by atoms with E-state index in [0.717, 1.165) is 11.3 Å². The van der Waals surface area contributed by atoms with E-state index in [1.807, 2.05) is 0 Å². The molecule has 0 radical (unpaired) electrons. The Hall–Kier alpha value is -4.16. The highest BCUT2D eigenvalue weighted by molar-refractivity contribution is 7.92. The van der Waals surface area contributed by atoms with Crippen molar-refractivity contribution < 1.29 is 18.1 Å². The first-order chi connectivity index (χ1) is 15.8. The zero-order valence-corrected chi connectivity index (χ0v) is 18.3. The molecule has 166 valence electrons. The van der Waals surface area contributed by atoms with E-state index >= 15 is 0 Å². The highest BCUT2D eigenvalue weighted by Crippen LogP contribution is 2.25. The molecule has 1 amide bonds. The summed E-state index contributed by atoms with van der Waals surface area (Å²) >= 11 is 0.947. The lowest BCUT2D eigenvalue weighted by atomic mass is 10.2. The molecule has 0 fully saturated rings. The summed E-state index contributed by atoms with van der Waals surface area (Å²) in [4.78, 5) is 31.0.